The highest BCUT2D eigenvalue weighted by Gasteiger charge is 2.62. The van der Waals surface area contributed by atoms with Crippen LogP contribution in [0, 0.1) is 0 Å². The molecule has 1 aliphatic carbocycles. The van der Waals surface area contributed by atoms with Gasteiger partial charge in [0, 0.05) is 11.6 Å². The summed E-state index contributed by atoms with van der Waals surface area (Å²) in [7, 11) is 1.93. The Kier molecular flexibility index (Phi) is 6.76. The number of carbonyl (C=O) groups excluding carboxylic acids is 2. The highest BCUT2D eigenvalue weighted by molar-refractivity contribution is 5.91. The van der Waals surface area contributed by atoms with E-state index in [4.69, 9.17) is 4.74 Å². The third kappa shape index (κ3) is 4.49. The van der Waals surface area contributed by atoms with Gasteiger partial charge in [0.2, 0.25) is 0 Å². The molecule has 0 spiro atoms. The lowest BCUT2D eigenvalue weighted by molar-refractivity contribution is -0.266. The first-order chi connectivity index (χ1) is 13.1. The number of hydrogen-bond donors (Lipinski definition) is 3. The van der Waals surface area contributed by atoms with Crippen LogP contribution in [0.1, 0.15) is 37.7 Å². The first kappa shape index (κ1) is 21.8. The molecule has 0 heterocycles. The zero-order valence-electron chi connectivity index (χ0n) is 15.6. The van der Waals surface area contributed by atoms with Gasteiger partial charge in [-0.2, -0.15) is 13.2 Å². The molecule has 1 fully saturated rings. The zero-order valence-corrected chi connectivity index (χ0v) is 15.6. The molecular weight excluding hydrogens is 381 g/mol. The molecule has 1 aromatic carbocycles. The number of amides is 2. The number of hydrogen-bond acceptors (Lipinski definition) is 5. The van der Waals surface area contributed by atoms with Crippen LogP contribution in [0.15, 0.2) is 18.2 Å². The topological polar surface area (TPSA) is 96.9 Å². The number of ether oxygens (including phenoxy) is 2. The minimum Gasteiger partial charge on any atom is -0.495 e. The van der Waals surface area contributed by atoms with Crippen LogP contribution >= 0.6 is 0 Å². The molecule has 0 aromatic heterocycles. The summed E-state index contributed by atoms with van der Waals surface area (Å²) in [5.41, 5.74) is -4.56. The number of aliphatic hydroxyl groups is 1. The quantitative estimate of drug-likeness (QED) is 0.656. The summed E-state index contributed by atoms with van der Waals surface area (Å²) in [6.07, 6.45) is -0.433. The molecule has 1 aromatic rings. The van der Waals surface area contributed by atoms with Gasteiger partial charge < -0.3 is 25.2 Å². The first-order valence-electron chi connectivity index (χ1n) is 8.77. The van der Waals surface area contributed by atoms with Crippen molar-refractivity contribution in [2.75, 3.05) is 19.5 Å². The molecule has 0 unspecified atom stereocenters. The normalized spacial score (nSPS) is 17.4. The SMILES string of the molecule is COC(=O)[C@@](O)(c1ccc(NC(=O)NC2CCCCC2)c(OC)c1)C(F)(F)F. The summed E-state index contributed by atoms with van der Waals surface area (Å²) in [6, 6.07) is 2.35. The van der Waals surface area contributed by atoms with E-state index >= 15 is 0 Å². The Bertz CT molecular complexity index is 720. The van der Waals surface area contributed by atoms with Crippen molar-refractivity contribution in [2.24, 2.45) is 0 Å². The standard InChI is InChI=1S/C18H23F3N2O5/c1-27-14-10-11(17(26,15(24)28-2)18(19,20)21)8-9-13(14)23-16(25)22-12-6-4-3-5-7-12/h8-10,12,26H,3-7H2,1-2H3,(H2,22,23,25)/t17-/m0/s1. The summed E-state index contributed by atoms with van der Waals surface area (Å²) in [5, 5.41) is 15.4. The molecule has 0 bridgehead atoms. The van der Waals surface area contributed by atoms with Gasteiger partial charge in [-0.3, -0.25) is 0 Å². The fourth-order valence-corrected chi connectivity index (χ4v) is 3.16. The van der Waals surface area contributed by atoms with Gasteiger partial charge in [0.15, 0.2) is 0 Å². The average molecular weight is 404 g/mol. The Morgan fingerprint density at radius 3 is 2.32 bits per heavy atom. The van der Waals surface area contributed by atoms with E-state index in [-0.39, 0.29) is 17.5 Å². The fourth-order valence-electron chi connectivity index (χ4n) is 3.16. The van der Waals surface area contributed by atoms with E-state index in [0.29, 0.717) is 0 Å². The first-order valence-corrected chi connectivity index (χ1v) is 8.77. The number of anilines is 1. The van der Waals surface area contributed by atoms with Gasteiger partial charge in [0.05, 0.1) is 19.9 Å². The number of benzene rings is 1. The second kappa shape index (κ2) is 8.68. The van der Waals surface area contributed by atoms with E-state index in [9.17, 15) is 27.9 Å². The maximum atomic E-state index is 13.4. The largest absolute Gasteiger partial charge is 0.495 e. The Morgan fingerprint density at radius 1 is 1.14 bits per heavy atom. The van der Waals surface area contributed by atoms with Crippen molar-refractivity contribution in [3.05, 3.63) is 23.8 Å². The van der Waals surface area contributed by atoms with E-state index in [1.807, 2.05) is 0 Å². The molecule has 2 amide bonds. The second-order valence-corrected chi connectivity index (χ2v) is 6.55. The molecule has 0 radical (unpaired) electrons. The maximum absolute atomic E-state index is 13.4. The highest BCUT2D eigenvalue weighted by atomic mass is 19.4. The van der Waals surface area contributed by atoms with E-state index < -0.39 is 29.3 Å². The maximum Gasteiger partial charge on any atom is 0.432 e. The molecule has 1 atom stereocenters. The van der Waals surface area contributed by atoms with Crippen molar-refractivity contribution in [3.8, 4) is 5.75 Å². The van der Waals surface area contributed by atoms with Crippen molar-refractivity contribution < 1.29 is 37.3 Å². The molecule has 28 heavy (non-hydrogen) atoms. The number of nitrogens with one attached hydrogen (secondary N) is 2. The van der Waals surface area contributed by atoms with Gasteiger partial charge in [-0.15, -0.1) is 0 Å². The third-order valence-electron chi connectivity index (χ3n) is 4.70. The highest BCUT2D eigenvalue weighted by Crippen LogP contribution is 2.42. The lowest BCUT2D eigenvalue weighted by Gasteiger charge is -2.28. The van der Waals surface area contributed by atoms with Gasteiger partial charge in [-0.25, -0.2) is 9.59 Å². The van der Waals surface area contributed by atoms with Crippen molar-refractivity contribution in [1.29, 1.82) is 0 Å². The van der Waals surface area contributed by atoms with Crippen LogP contribution in [0.4, 0.5) is 23.7 Å². The average Bonchev–Trinajstić information content (AvgIpc) is 2.66. The summed E-state index contributed by atoms with van der Waals surface area (Å²) in [4.78, 5) is 23.8. The molecule has 2 rings (SSSR count). The predicted octanol–water partition coefficient (Wildman–Crippen LogP) is 3.07. The van der Waals surface area contributed by atoms with Crippen molar-refractivity contribution in [3.63, 3.8) is 0 Å². The van der Waals surface area contributed by atoms with Gasteiger partial charge in [0.1, 0.15) is 5.75 Å². The third-order valence-corrected chi connectivity index (χ3v) is 4.70. The molecule has 0 aliphatic heterocycles. The Hall–Kier alpha value is -2.49. The number of alkyl halides is 3. The smallest absolute Gasteiger partial charge is 0.432 e. The monoisotopic (exact) mass is 404 g/mol. The van der Waals surface area contributed by atoms with E-state index in [1.165, 1.54) is 7.11 Å². The Labute approximate surface area is 160 Å². The second-order valence-electron chi connectivity index (χ2n) is 6.55. The Morgan fingerprint density at radius 2 is 1.79 bits per heavy atom. The van der Waals surface area contributed by atoms with E-state index in [0.717, 1.165) is 57.4 Å². The lowest BCUT2D eigenvalue weighted by atomic mass is 9.92. The van der Waals surface area contributed by atoms with Crippen LogP contribution in [-0.4, -0.2) is 43.5 Å². The van der Waals surface area contributed by atoms with Crippen molar-refractivity contribution >= 4 is 17.7 Å². The van der Waals surface area contributed by atoms with Crippen molar-refractivity contribution in [1.82, 2.24) is 5.32 Å². The fraction of sp³-hybridized carbons (Fsp3) is 0.556. The summed E-state index contributed by atoms with van der Waals surface area (Å²) >= 11 is 0. The van der Waals surface area contributed by atoms with Crippen LogP contribution in [0.3, 0.4) is 0 Å². The molecule has 10 heteroatoms. The van der Waals surface area contributed by atoms with E-state index in [2.05, 4.69) is 15.4 Å². The lowest BCUT2D eigenvalue weighted by Crippen LogP contribution is -2.49. The summed E-state index contributed by atoms with van der Waals surface area (Å²) < 4.78 is 49.2. The molecule has 7 nitrogen and oxygen atoms in total. The zero-order chi connectivity index (χ0) is 20.9. The van der Waals surface area contributed by atoms with Gasteiger partial charge in [-0.05, 0) is 25.0 Å². The number of carbonyl (C=O) groups is 2. The van der Waals surface area contributed by atoms with Crippen LogP contribution in [0.5, 0.6) is 5.75 Å². The van der Waals surface area contributed by atoms with Gasteiger partial charge >= 0.3 is 18.2 Å². The minimum atomic E-state index is -5.32. The van der Waals surface area contributed by atoms with Crippen LogP contribution in [-0.2, 0) is 15.1 Å². The predicted molar refractivity (Wildman–Crippen MR) is 94.0 cm³/mol. The molecule has 156 valence electrons. The summed E-state index contributed by atoms with van der Waals surface area (Å²) in [5.74, 6) is -2.03. The number of halogens is 3. The Balaban J connectivity index is 2.25. The van der Waals surface area contributed by atoms with Crippen LogP contribution in [0.25, 0.3) is 0 Å². The number of rotatable bonds is 5. The summed E-state index contributed by atoms with van der Waals surface area (Å²) in [6.45, 7) is 0. The molecule has 1 aliphatic rings. The van der Waals surface area contributed by atoms with Gasteiger partial charge in [-0.1, -0.05) is 25.3 Å². The van der Waals surface area contributed by atoms with E-state index in [1.54, 1.807) is 0 Å². The number of urea groups is 1. The molecular formula is C18H23F3N2O5. The van der Waals surface area contributed by atoms with Crippen LogP contribution in [0.2, 0.25) is 0 Å². The molecule has 1 saturated carbocycles. The number of esters is 1. The van der Waals surface area contributed by atoms with Crippen molar-refractivity contribution in [2.45, 2.75) is 49.9 Å². The molecule has 3 N–H and O–H groups in total. The minimum absolute atomic E-state index is 0.0358. The van der Waals surface area contributed by atoms with Crippen LogP contribution < -0.4 is 15.4 Å². The molecule has 0 saturated heterocycles. The van der Waals surface area contributed by atoms with Gasteiger partial charge in [0.25, 0.3) is 5.60 Å². The number of methoxy groups -OCH3 is 2.